The monoisotopic (exact) mass is 367 g/mol. The van der Waals surface area contributed by atoms with Crippen molar-refractivity contribution in [2.75, 3.05) is 5.32 Å². The van der Waals surface area contributed by atoms with Gasteiger partial charge in [-0.25, -0.2) is 0 Å². The number of aryl methyl sites for hydroxylation is 3. The maximum absolute atomic E-state index is 12.5. The lowest BCUT2D eigenvalue weighted by Gasteiger charge is -2.13. The molecule has 0 aliphatic heterocycles. The van der Waals surface area contributed by atoms with Crippen molar-refractivity contribution in [1.82, 2.24) is 20.2 Å². The SMILES string of the molecule is Cc1cccc(NC(=O)C(C)Sc2nnnn2-c2ccc(C)cc2C)c1. The van der Waals surface area contributed by atoms with E-state index in [9.17, 15) is 4.79 Å². The van der Waals surface area contributed by atoms with Crippen LogP contribution in [0.1, 0.15) is 23.6 Å². The fraction of sp³-hybridized carbons (Fsp3) is 0.263. The molecule has 2 aromatic carbocycles. The molecule has 0 bridgehead atoms. The Hall–Kier alpha value is -2.67. The van der Waals surface area contributed by atoms with Gasteiger partial charge in [0.1, 0.15) is 0 Å². The zero-order valence-corrected chi connectivity index (χ0v) is 16.0. The number of nitrogens with zero attached hydrogens (tertiary/aromatic N) is 4. The van der Waals surface area contributed by atoms with Crippen LogP contribution < -0.4 is 5.32 Å². The van der Waals surface area contributed by atoms with Crippen LogP contribution in [0.4, 0.5) is 5.69 Å². The van der Waals surface area contributed by atoms with Crippen molar-refractivity contribution < 1.29 is 4.79 Å². The number of rotatable bonds is 5. The first-order valence-electron chi connectivity index (χ1n) is 8.34. The molecule has 1 amide bonds. The van der Waals surface area contributed by atoms with Crippen LogP contribution in [0.25, 0.3) is 5.69 Å². The van der Waals surface area contributed by atoms with E-state index in [-0.39, 0.29) is 11.2 Å². The minimum absolute atomic E-state index is 0.0872. The highest BCUT2D eigenvalue weighted by Crippen LogP contribution is 2.25. The highest BCUT2D eigenvalue weighted by molar-refractivity contribution is 8.00. The van der Waals surface area contributed by atoms with Gasteiger partial charge in [-0.3, -0.25) is 4.79 Å². The average molecular weight is 367 g/mol. The Kier molecular flexibility index (Phi) is 5.37. The molecule has 0 fully saturated rings. The van der Waals surface area contributed by atoms with Gasteiger partial charge in [-0.1, -0.05) is 41.6 Å². The summed E-state index contributed by atoms with van der Waals surface area (Å²) in [5.41, 5.74) is 5.06. The van der Waals surface area contributed by atoms with E-state index in [0.717, 1.165) is 22.5 Å². The average Bonchev–Trinajstić information content (AvgIpc) is 3.02. The van der Waals surface area contributed by atoms with E-state index >= 15 is 0 Å². The van der Waals surface area contributed by atoms with Crippen LogP contribution in [0, 0.1) is 20.8 Å². The predicted octanol–water partition coefficient (Wildman–Crippen LogP) is 3.71. The first-order chi connectivity index (χ1) is 12.4. The number of benzene rings is 2. The molecule has 1 N–H and O–H groups in total. The Bertz CT molecular complexity index is 937. The quantitative estimate of drug-likeness (QED) is 0.696. The number of thioether (sulfide) groups is 1. The van der Waals surface area contributed by atoms with Crippen LogP contribution in [0.3, 0.4) is 0 Å². The van der Waals surface area contributed by atoms with Gasteiger partial charge in [0.15, 0.2) is 0 Å². The van der Waals surface area contributed by atoms with E-state index in [2.05, 4.69) is 26.9 Å². The Morgan fingerprint density at radius 2 is 1.88 bits per heavy atom. The maximum Gasteiger partial charge on any atom is 0.237 e. The summed E-state index contributed by atoms with van der Waals surface area (Å²) in [5.74, 6) is -0.0872. The second-order valence-electron chi connectivity index (χ2n) is 6.28. The lowest BCUT2D eigenvalue weighted by atomic mass is 10.1. The lowest BCUT2D eigenvalue weighted by molar-refractivity contribution is -0.115. The van der Waals surface area contributed by atoms with Crippen LogP contribution in [0.15, 0.2) is 47.6 Å². The highest BCUT2D eigenvalue weighted by Gasteiger charge is 2.20. The third kappa shape index (κ3) is 4.11. The lowest BCUT2D eigenvalue weighted by Crippen LogP contribution is -2.23. The molecule has 0 aliphatic carbocycles. The van der Waals surface area contributed by atoms with Crippen LogP contribution in [0.5, 0.6) is 0 Å². The van der Waals surface area contributed by atoms with Crippen molar-refractivity contribution in [3.05, 3.63) is 59.2 Å². The number of hydrogen-bond acceptors (Lipinski definition) is 5. The van der Waals surface area contributed by atoms with Gasteiger partial charge in [0, 0.05) is 5.69 Å². The first kappa shape index (κ1) is 18.1. The number of amides is 1. The first-order valence-corrected chi connectivity index (χ1v) is 9.22. The van der Waals surface area contributed by atoms with E-state index in [1.54, 1.807) is 4.68 Å². The number of carbonyl (C=O) groups excluding carboxylic acids is 1. The Morgan fingerprint density at radius 3 is 2.62 bits per heavy atom. The molecule has 1 unspecified atom stereocenters. The Labute approximate surface area is 157 Å². The zero-order valence-electron chi connectivity index (χ0n) is 15.2. The van der Waals surface area contributed by atoms with Gasteiger partial charge in [-0.05, 0) is 67.4 Å². The molecule has 0 saturated carbocycles. The number of anilines is 1. The summed E-state index contributed by atoms with van der Waals surface area (Å²) in [7, 11) is 0. The van der Waals surface area contributed by atoms with Crippen molar-refractivity contribution >= 4 is 23.4 Å². The number of tetrazole rings is 1. The van der Waals surface area contributed by atoms with E-state index < -0.39 is 0 Å². The molecule has 1 heterocycles. The smallest absolute Gasteiger partial charge is 0.237 e. The standard InChI is InChI=1S/C19H21N5OS/c1-12-6-5-7-16(11-12)20-18(25)15(4)26-19-21-22-23-24(19)17-9-8-13(2)10-14(17)3/h5-11,15H,1-4H3,(H,20,25). The summed E-state index contributed by atoms with van der Waals surface area (Å²) < 4.78 is 1.68. The molecule has 26 heavy (non-hydrogen) atoms. The van der Waals surface area contributed by atoms with Crippen molar-refractivity contribution in [3.8, 4) is 5.69 Å². The van der Waals surface area contributed by atoms with Gasteiger partial charge in [-0.2, -0.15) is 4.68 Å². The fourth-order valence-electron chi connectivity index (χ4n) is 2.62. The predicted molar refractivity (Wildman–Crippen MR) is 104 cm³/mol. The largest absolute Gasteiger partial charge is 0.325 e. The summed E-state index contributed by atoms with van der Waals surface area (Å²) in [6.07, 6.45) is 0. The number of nitrogens with one attached hydrogen (secondary N) is 1. The summed E-state index contributed by atoms with van der Waals surface area (Å²) in [4.78, 5) is 12.5. The van der Waals surface area contributed by atoms with Crippen molar-refractivity contribution in [2.45, 2.75) is 38.1 Å². The molecule has 1 atom stereocenters. The molecule has 0 radical (unpaired) electrons. The molecule has 134 valence electrons. The van der Waals surface area contributed by atoms with E-state index in [1.165, 1.54) is 17.3 Å². The minimum atomic E-state index is -0.342. The number of carbonyl (C=O) groups is 1. The van der Waals surface area contributed by atoms with Gasteiger partial charge in [0.25, 0.3) is 0 Å². The van der Waals surface area contributed by atoms with Gasteiger partial charge in [0.05, 0.1) is 10.9 Å². The second-order valence-corrected chi connectivity index (χ2v) is 7.59. The number of hydrogen-bond donors (Lipinski definition) is 1. The molecule has 0 spiro atoms. The van der Waals surface area contributed by atoms with Crippen molar-refractivity contribution in [2.24, 2.45) is 0 Å². The third-order valence-electron chi connectivity index (χ3n) is 3.96. The van der Waals surface area contributed by atoms with Crippen LogP contribution in [-0.4, -0.2) is 31.4 Å². The summed E-state index contributed by atoms with van der Waals surface area (Å²) in [5, 5.41) is 15.1. The van der Waals surface area contributed by atoms with E-state index in [4.69, 9.17) is 0 Å². The summed E-state index contributed by atoms with van der Waals surface area (Å²) >= 11 is 1.33. The topological polar surface area (TPSA) is 72.7 Å². The highest BCUT2D eigenvalue weighted by atomic mass is 32.2. The van der Waals surface area contributed by atoms with Gasteiger partial charge >= 0.3 is 0 Å². The van der Waals surface area contributed by atoms with Crippen LogP contribution in [0.2, 0.25) is 0 Å². The fourth-order valence-corrected chi connectivity index (χ4v) is 3.43. The maximum atomic E-state index is 12.5. The molecule has 6 nitrogen and oxygen atoms in total. The molecular formula is C19H21N5OS. The van der Waals surface area contributed by atoms with E-state index in [0.29, 0.717) is 5.16 Å². The second kappa shape index (κ2) is 7.70. The van der Waals surface area contributed by atoms with Crippen molar-refractivity contribution in [1.29, 1.82) is 0 Å². The van der Waals surface area contributed by atoms with Gasteiger partial charge < -0.3 is 5.32 Å². The molecule has 0 saturated heterocycles. The Balaban J connectivity index is 1.75. The zero-order chi connectivity index (χ0) is 18.7. The molecular weight excluding hydrogens is 346 g/mol. The minimum Gasteiger partial charge on any atom is -0.325 e. The van der Waals surface area contributed by atoms with Gasteiger partial charge in [0.2, 0.25) is 11.1 Å². The molecule has 3 rings (SSSR count). The van der Waals surface area contributed by atoms with Crippen molar-refractivity contribution in [3.63, 3.8) is 0 Å². The van der Waals surface area contributed by atoms with Crippen LogP contribution >= 0.6 is 11.8 Å². The van der Waals surface area contributed by atoms with E-state index in [1.807, 2.05) is 64.1 Å². The van der Waals surface area contributed by atoms with Gasteiger partial charge in [-0.15, -0.1) is 5.10 Å². The third-order valence-corrected chi connectivity index (χ3v) is 4.99. The number of aromatic nitrogens is 4. The summed E-state index contributed by atoms with van der Waals surface area (Å²) in [6, 6.07) is 13.8. The molecule has 7 heteroatoms. The molecule has 0 aliphatic rings. The normalized spacial score (nSPS) is 12.0. The Morgan fingerprint density at radius 1 is 1.12 bits per heavy atom. The molecule has 3 aromatic rings. The molecule has 1 aromatic heterocycles. The van der Waals surface area contributed by atoms with Crippen LogP contribution in [-0.2, 0) is 4.79 Å². The summed E-state index contributed by atoms with van der Waals surface area (Å²) in [6.45, 7) is 7.90.